The number of likely N-dealkylation sites (tertiary alicyclic amines) is 1. The average Bonchev–Trinajstić information content (AvgIpc) is 3.22. The molecule has 0 aromatic heterocycles. The van der Waals surface area contributed by atoms with Crippen molar-refractivity contribution in [2.45, 2.75) is 25.3 Å². The Morgan fingerprint density at radius 3 is 2.38 bits per heavy atom. The van der Waals surface area contributed by atoms with E-state index in [1.165, 1.54) is 4.90 Å². The molecule has 1 heterocycles. The fraction of sp³-hybridized carbons (Fsp3) is 0.263. The van der Waals surface area contributed by atoms with Gasteiger partial charge in [-0.25, -0.2) is 0 Å². The summed E-state index contributed by atoms with van der Waals surface area (Å²) in [6, 6.07) is 14.9. The van der Waals surface area contributed by atoms with Crippen LogP contribution in [0.4, 0.5) is 0 Å². The average molecular weight is 360 g/mol. The summed E-state index contributed by atoms with van der Waals surface area (Å²) in [5.41, 5.74) is 1.30. The highest BCUT2D eigenvalue weighted by Crippen LogP contribution is 2.65. The highest BCUT2D eigenvalue weighted by atomic mass is 35.5. The van der Waals surface area contributed by atoms with E-state index in [4.69, 9.17) is 23.2 Å². The van der Waals surface area contributed by atoms with Gasteiger partial charge in [0, 0.05) is 22.4 Å². The van der Waals surface area contributed by atoms with E-state index in [1.807, 2.05) is 42.5 Å². The van der Waals surface area contributed by atoms with E-state index >= 15 is 0 Å². The fourth-order valence-corrected chi connectivity index (χ4v) is 4.24. The van der Waals surface area contributed by atoms with Crippen LogP contribution in [0.5, 0.6) is 0 Å². The van der Waals surface area contributed by atoms with E-state index in [2.05, 4.69) is 0 Å². The molecule has 2 amide bonds. The Kier molecular flexibility index (Phi) is 3.66. The number of carbonyl (C=O) groups excluding carboxylic acids is 2. The van der Waals surface area contributed by atoms with Crippen LogP contribution in [0, 0.1) is 5.41 Å². The minimum Gasteiger partial charge on any atom is -0.278 e. The molecular formula is C19H15Cl2NO2. The van der Waals surface area contributed by atoms with Crippen LogP contribution < -0.4 is 0 Å². The molecule has 0 radical (unpaired) electrons. The number of carbonyl (C=O) groups is 2. The van der Waals surface area contributed by atoms with Crippen LogP contribution in [0.1, 0.15) is 29.9 Å². The van der Waals surface area contributed by atoms with Gasteiger partial charge in [-0.05, 0) is 35.7 Å². The number of hydrogen-bond acceptors (Lipinski definition) is 2. The Morgan fingerprint density at radius 1 is 1.04 bits per heavy atom. The number of halogens is 2. The van der Waals surface area contributed by atoms with Crippen LogP contribution in [0.2, 0.25) is 10.0 Å². The standard InChI is InChI=1S/C19H15Cl2NO2/c20-14-6-13(7-15(21)8-14)16-9-19(16)10-17(23)22(18(19)24)11-12-4-2-1-3-5-12/h1-8,16H,9-11H2/t16?,19-/m0/s1. The quantitative estimate of drug-likeness (QED) is 0.760. The molecule has 3 nitrogen and oxygen atoms in total. The van der Waals surface area contributed by atoms with Crippen molar-refractivity contribution in [2.75, 3.05) is 0 Å². The van der Waals surface area contributed by atoms with Crippen molar-refractivity contribution in [1.82, 2.24) is 4.90 Å². The normalized spacial score (nSPS) is 25.6. The molecule has 24 heavy (non-hydrogen) atoms. The lowest BCUT2D eigenvalue weighted by molar-refractivity contribution is -0.140. The van der Waals surface area contributed by atoms with Crippen molar-refractivity contribution in [3.05, 3.63) is 69.7 Å². The third-order valence-electron chi connectivity index (χ3n) is 4.98. The molecule has 2 atom stereocenters. The SMILES string of the molecule is O=C1C[C@]2(CC2c2cc(Cl)cc(Cl)c2)C(=O)N1Cc1ccccc1. The Labute approximate surface area is 150 Å². The van der Waals surface area contributed by atoms with Gasteiger partial charge in [0.15, 0.2) is 0 Å². The van der Waals surface area contributed by atoms with E-state index in [9.17, 15) is 9.59 Å². The third kappa shape index (κ3) is 2.52. The maximum absolute atomic E-state index is 12.9. The number of imide groups is 1. The maximum atomic E-state index is 12.9. The number of benzene rings is 2. The molecule has 1 unspecified atom stereocenters. The highest BCUT2D eigenvalue weighted by Gasteiger charge is 2.67. The van der Waals surface area contributed by atoms with E-state index in [1.54, 1.807) is 6.07 Å². The Hall–Kier alpha value is -1.84. The second kappa shape index (κ2) is 5.61. The zero-order chi connectivity index (χ0) is 16.9. The Bertz CT molecular complexity index is 816. The van der Waals surface area contributed by atoms with E-state index in [-0.39, 0.29) is 24.2 Å². The van der Waals surface area contributed by atoms with Gasteiger partial charge < -0.3 is 0 Å². The van der Waals surface area contributed by atoms with Gasteiger partial charge in [0.2, 0.25) is 11.8 Å². The lowest BCUT2D eigenvalue weighted by atomic mass is 9.97. The second-order valence-corrected chi connectivity index (χ2v) is 7.44. The summed E-state index contributed by atoms with van der Waals surface area (Å²) in [6.45, 7) is 0.337. The van der Waals surface area contributed by atoms with E-state index in [0.29, 0.717) is 23.0 Å². The molecule has 2 aromatic carbocycles. The molecule has 2 fully saturated rings. The molecule has 1 spiro atoms. The van der Waals surface area contributed by atoms with Crippen molar-refractivity contribution >= 4 is 35.0 Å². The van der Waals surface area contributed by atoms with E-state index in [0.717, 1.165) is 11.1 Å². The Morgan fingerprint density at radius 2 is 1.71 bits per heavy atom. The van der Waals surface area contributed by atoms with Crippen molar-refractivity contribution in [1.29, 1.82) is 0 Å². The summed E-state index contributed by atoms with van der Waals surface area (Å²) in [4.78, 5) is 26.7. The number of nitrogens with zero attached hydrogens (tertiary/aromatic N) is 1. The fourth-order valence-electron chi connectivity index (χ4n) is 3.70. The van der Waals surface area contributed by atoms with Gasteiger partial charge in [-0.15, -0.1) is 0 Å². The molecule has 5 heteroatoms. The van der Waals surface area contributed by atoms with Gasteiger partial charge in [0.25, 0.3) is 0 Å². The summed E-state index contributed by atoms with van der Waals surface area (Å²) in [7, 11) is 0. The lowest BCUT2D eigenvalue weighted by Crippen LogP contribution is -2.30. The predicted octanol–water partition coefficient (Wildman–Crippen LogP) is 4.43. The minimum atomic E-state index is -0.597. The predicted molar refractivity (Wildman–Crippen MR) is 92.9 cm³/mol. The molecule has 1 aliphatic carbocycles. The summed E-state index contributed by atoms with van der Waals surface area (Å²) in [5, 5.41) is 1.11. The van der Waals surface area contributed by atoms with Crippen LogP contribution in [0.3, 0.4) is 0 Å². The molecule has 1 saturated heterocycles. The largest absolute Gasteiger partial charge is 0.278 e. The van der Waals surface area contributed by atoms with Crippen LogP contribution in [0.15, 0.2) is 48.5 Å². The topological polar surface area (TPSA) is 37.4 Å². The first-order valence-corrected chi connectivity index (χ1v) is 8.60. The maximum Gasteiger partial charge on any atom is 0.236 e. The van der Waals surface area contributed by atoms with Crippen LogP contribution >= 0.6 is 23.2 Å². The monoisotopic (exact) mass is 359 g/mol. The first-order chi connectivity index (χ1) is 11.5. The Balaban J connectivity index is 1.58. The zero-order valence-corrected chi connectivity index (χ0v) is 14.3. The van der Waals surface area contributed by atoms with Crippen LogP contribution in [-0.4, -0.2) is 16.7 Å². The van der Waals surface area contributed by atoms with E-state index < -0.39 is 5.41 Å². The van der Waals surface area contributed by atoms with Crippen LogP contribution in [-0.2, 0) is 16.1 Å². The number of rotatable bonds is 3. The van der Waals surface area contributed by atoms with Crippen molar-refractivity contribution in [3.63, 3.8) is 0 Å². The molecule has 1 aliphatic heterocycles. The first kappa shape index (κ1) is 15.7. The van der Waals surface area contributed by atoms with Gasteiger partial charge in [0.05, 0.1) is 12.0 Å². The molecule has 4 rings (SSSR count). The molecule has 2 aromatic rings. The number of hydrogen-bond donors (Lipinski definition) is 0. The minimum absolute atomic E-state index is 0.0194. The van der Waals surface area contributed by atoms with Gasteiger partial charge in [-0.2, -0.15) is 0 Å². The smallest absolute Gasteiger partial charge is 0.236 e. The summed E-state index contributed by atoms with van der Waals surface area (Å²) >= 11 is 12.1. The van der Waals surface area contributed by atoms with Crippen LogP contribution in [0.25, 0.3) is 0 Å². The lowest BCUT2D eigenvalue weighted by Gasteiger charge is -2.15. The van der Waals surface area contributed by atoms with Gasteiger partial charge in [0.1, 0.15) is 0 Å². The molecule has 122 valence electrons. The molecule has 0 N–H and O–H groups in total. The van der Waals surface area contributed by atoms with Gasteiger partial charge >= 0.3 is 0 Å². The molecule has 2 aliphatic rings. The summed E-state index contributed by atoms with van der Waals surface area (Å²) in [5.74, 6) is -0.150. The third-order valence-corrected chi connectivity index (χ3v) is 5.42. The van der Waals surface area contributed by atoms with Crippen molar-refractivity contribution in [3.8, 4) is 0 Å². The molecule has 0 bridgehead atoms. The first-order valence-electron chi connectivity index (χ1n) is 7.84. The van der Waals surface area contributed by atoms with Crippen molar-refractivity contribution in [2.24, 2.45) is 5.41 Å². The highest BCUT2D eigenvalue weighted by molar-refractivity contribution is 6.34. The zero-order valence-electron chi connectivity index (χ0n) is 12.8. The van der Waals surface area contributed by atoms with Gasteiger partial charge in [-0.1, -0.05) is 53.5 Å². The second-order valence-electron chi connectivity index (χ2n) is 6.56. The molecular weight excluding hydrogens is 345 g/mol. The number of amides is 2. The van der Waals surface area contributed by atoms with Gasteiger partial charge in [-0.3, -0.25) is 14.5 Å². The molecule has 1 saturated carbocycles. The van der Waals surface area contributed by atoms with Crippen molar-refractivity contribution < 1.29 is 9.59 Å². The summed E-state index contributed by atoms with van der Waals surface area (Å²) in [6.07, 6.45) is 0.951. The summed E-state index contributed by atoms with van der Waals surface area (Å²) < 4.78 is 0.